The van der Waals surface area contributed by atoms with E-state index in [0.29, 0.717) is 12.1 Å². The van der Waals surface area contributed by atoms with E-state index in [1.807, 2.05) is 88.4 Å². The van der Waals surface area contributed by atoms with Crippen LogP contribution in [-0.2, 0) is 6.54 Å². The van der Waals surface area contributed by atoms with Gasteiger partial charge in [-0.15, -0.1) is 0 Å². The molecule has 2 aliphatic rings. The summed E-state index contributed by atoms with van der Waals surface area (Å²) in [5.41, 5.74) is 9.37. The van der Waals surface area contributed by atoms with Gasteiger partial charge in [-0.2, -0.15) is 0 Å². The smallest absolute Gasteiger partial charge is 0.0482 e. The number of allylic oxidation sites excluding steroid dienone is 14. The molecule has 4 nitrogen and oxygen atoms in total. The van der Waals surface area contributed by atoms with Crippen molar-refractivity contribution in [1.29, 1.82) is 0 Å². The Balaban J connectivity index is 0.000000620. The number of nitrogens with two attached hydrogens (primary N) is 1. The SMILES string of the molecule is C=C(C)/C=C(\C=C/N(C1=CCCC=C1)c1ccc(C2NC2C/C=C\C=C/CC)cc1)C(=S)/C=C\C=C/C.CC.NNCc1ccccc1. The van der Waals surface area contributed by atoms with Gasteiger partial charge in [0.2, 0.25) is 0 Å². The van der Waals surface area contributed by atoms with E-state index in [0.717, 1.165) is 53.9 Å². The Labute approximate surface area is 296 Å². The number of anilines is 1. The average Bonchev–Trinajstić information content (AvgIpc) is 3.90. The first-order valence-electron chi connectivity index (χ1n) is 17.2. The zero-order valence-electron chi connectivity index (χ0n) is 29.6. The summed E-state index contributed by atoms with van der Waals surface area (Å²) in [4.78, 5) is 3.02. The summed E-state index contributed by atoms with van der Waals surface area (Å²) in [5.74, 6) is 5.11. The van der Waals surface area contributed by atoms with Crippen molar-refractivity contribution in [2.45, 2.75) is 78.9 Å². The van der Waals surface area contributed by atoms with Gasteiger partial charge < -0.3 is 10.2 Å². The molecular weight excluding hydrogens is 605 g/mol. The Morgan fingerprint density at radius 1 is 1.00 bits per heavy atom. The number of hydrogen-bond donors (Lipinski definition) is 3. The van der Waals surface area contributed by atoms with Gasteiger partial charge in [-0.05, 0) is 86.6 Å². The third kappa shape index (κ3) is 15.2. The van der Waals surface area contributed by atoms with Gasteiger partial charge >= 0.3 is 0 Å². The molecule has 2 unspecified atom stereocenters. The van der Waals surface area contributed by atoms with E-state index in [-0.39, 0.29) is 0 Å². The van der Waals surface area contributed by atoms with Crippen molar-refractivity contribution in [3.63, 3.8) is 0 Å². The van der Waals surface area contributed by atoms with Crippen molar-refractivity contribution < 1.29 is 0 Å². The van der Waals surface area contributed by atoms with Gasteiger partial charge in [0.05, 0.1) is 0 Å². The Morgan fingerprint density at radius 2 is 1.73 bits per heavy atom. The number of rotatable bonds is 15. The van der Waals surface area contributed by atoms with Gasteiger partial charge in [0.25, 0.3) is 0 Å². The monoisotopic (exact) mass is 660 g/mol. The van der Waals surface area contributed by atoms with Crippen LogP contribution in [0.1, 0.15) is 77.5 Å². The predicted octanol–water partition coefficient (Wildman–Crippen LogP) is 10.8. The molecule has 1 aliphatic heterocycles. The van der Waals surface area contributed by atoms with Crippen LogP contribution in [0, 0.1) is 0 Å². The number of nitrogens with one attached hydrogen (secondary N) is 2. The highest BCUT2D eigenvalue weighted by molar-refractivity contribution is 7.81. The number of nitrogens with zero attached hydrogens (tertiary/aromatic N) is 1. The largest absolute Gasteiger partial charge is 0.318 e. The lowest BCUT2D eigenvalue weighted by Crippen LogP contribution is -2.20. The molecule has 5 heteroatoms. The number of hydrogen-bond acceptors (Lipinski definition) is 5. The van der Waals surface area contributed by atoms with Gasteiger partial charge in [0.15, 0.2) is 0 Å². The van der Waals surface area contributed by atoms with Crippen LogP contribution in [0.3, 0.4) is 0 Å². The van der Waals surface area contributed by atoms with E-state index in [2.05, 4.69) is 108 Å². The Hall–Kier alpha value is -4.13. The van der Waals surface area contributed by atoms with Gasteiger partial charge in [-0.1, -0.05) is 148 Å². The molecule has 2 aromatic rings. The first kappa shape index (κ1) is 40.0. The molecule has 4 rings (SSSR count). The van der Waals surface area contributed by atoms with Crippen LogP contribution < -0.4 is 21.5 Å². The summed E-state index contributed by atoms with van der Waals surface area (Å²) in [6, 6.07) is 19.9. The molecule has 1 saturated heterocycles. The quantitative estimate of drug-likeness (QED) is 0.0443. The Bertz CT molecular complexity index is 1490. The summed E-state index contributed by atoms with van der Waals surface area (Å²) in [7, 11) is 0. The van der Waals surface area contributed by atoms with Gasteiger partial charge in [0, 0.05) is 41.1 Å². The van der Waals surface area contributed by atoms with Crippen LogP contribution in [0.5, 0.6) is 0 Å². The maximum Gasteiger partial charge on any atom is 0.0482 e. The minimum Gasteiger partial charge on any atom is -0.318 e. The molecule has 1 fully saturated rings. The molecule has 0 spiro atoms. The molecule has 254 valence electrons. The zero-order valence-corrected chi connectivity index (χ0v) is 30.4. The molecule has 0 bridgehead atoms. The standard InChI is InChI=1S/C34H40N2S.C7H10N2.C2H6/c1-5-7-9-10-15-18-32-34(35-32)28-20-22-31(23-21-28)36(30-16-13-11-14-17-30)25-24-29(26-27(3)4)33(37)19-12-8-6-2;8-9-6-7-4-2-1-3-5-7;1-2/h6-10,12-13,15-17,19-26,32,34-35H,3,5,11,14,18H2,1-2,4H3;1-5,9H,6,8H2;1-2H3/b8-6-,9-7-,15-10-,19-12-,25-24-,29-26+;;. The fraction of sp³-hybridized carbons (Fsp3) is 0.279. The lowest BCUT2D eigenvalue weighted by Gasteiger charge is -2.24. The molecule has 0 saturated carbocycles. The highest BCUT2D eigenvalue weighted by Gasteiger charge is 2.36. The lowest BCUT2D eigenvalue weighted by atomic mass is 10.1. The Morgan fingerprint density at radius 3 is 2.35 bits per heavy atom. The minimum atomic E-state index is 0.429. The van der Waals surface area contributed by atoms with E-state index in [1.165, 1.54) is 16.8 Å². The van der Waals surface area contributed by atoms with Gasteiger partial charge in [0.1, 0.15) is 0 Å². The number of benzene rings is 2. The summed E-state index contributed by atoms with van der Waals surface area (Å²) >= 11 is 5.70. The highest BCUT2D eigenvalue weighted by atomic mass is 32.1. The van der Waals surface area contributed by atoms with E-state index >= 15 is 0 Å². The van der Waals surface area contributed by atoms with E-state index in [1.54, 1.807) is 0 Å². The summed E-state index contributed by atoms with van der Waals surface area (Å²) in [5, 5.41) is 3.61. The zero-order chi connectivity index (χ0) is 35.0. The molecule has 0 aromatic heterocycles. The maximum absolute atomic E-state index is 5.70. The summed E-state index contributed by atoms with van der Waals surface area (Å²) < 4.78 is 0. The van der Waals surface area contributed by atoms with Crippen LogP contribution in [0.15, 0.2) is 163 Å². The molecule has 2 aromatic carbocycles. The first-order valence-corrected chi connectivity index (χ1v) is 17.6. The maximum atomic E-state index is 5.70. The lowest BCUT2D eigenvalue weighted by molar-refractivity contribution is 0.741. The normalized spacial score (nSPS) is 17.4. The van der Waals surface area contributed by atoms with Crippen molar-refractivity contribution in [2.75, 3.05) is 4.90 Å². The van der Waals surface area contributed by atoms with Gasteiger partial charge in [-0.25, -0.2) is 0 Å². The van der Waals surface area contributed by atoms with Crippen LogP contribution >= 0.6 is 12.2 Å². The molecule has 0 amide bonds. The topological polar surface area (TPSA) is 63.2 Å². The van der Waals surface area contributed by atoms with Crippen molar-refractivity contribution in [3.05, 3.63) is 174 Å². The number of hydrazine groups is 1. The molecule has 2 atom stereocenters. The molecule has 4 N–H and O–H groups in total. The first-order chi connectivity index (χ1) is 23.5. The minimum absolute atomic E-state index is 0.429. The highest BCUT2D eigenvalue weighted by Crippen LogP contribution is 2.34. The van der Waals surface area contributed by atoms with E-state index in [9.17, 15) is 0 Å². The molecule has 1 aliphatic carbocycles. The van der Waals surface area contributed by atoms with Crippen molar-refractivity contribution in [1.82, 2.24) is 10.7 Å². The van der Waals surface area contributed by atoms with Crippen LogP contribution in [0.25, 0.3) is 0 Å². The van der Waals surface area contributed by atoms with E-state index < -0.39 is 0 Å². The fourth-order valence-corrected chi connectivity index (χ4v) is 5.06. The van der Waals surface area contributed by atoms with Crippen LogP contribution in [-0.4, -0.2) is 10.9 Å². The molecule has 0 radical (unpaired) electrons. The third-order valence-corrected chi connectivity index (χ3v) is 7.64. The van der Waals surface area contributed by atoms with Crippen molar-refractivity contribution in [2.24, 2.45) is 5.84 Å². The van der Waals surface area contributed by atoms with Crippen LogP contribution in [0.2, 0.25) is 0 Å². The second-order valence-corrected chi connectivity index (χ2v) is 11.6. The van der Waals surface area contributed by atoms with Crippen LogP contribution in [0.4, 0.5) is 5.69 Å². The van der Waals surface area contributed by atoms with Gasteiger partial charge in [-0.3, -0.25) is 11.3 Å². The average molecular weight is 661 g/mol. The van der Waals surface area contributed by atoms with Crippen molar-refractivity contribution >= 4 is 22.8 Å². The van der Waals surface area contributed by atoms with Crippen molar-refractivity contribution in [3.8, 4) is 0 Å². The summed E-state index contributed by atoms with van der Waals surface area (Å²) in [6.07, 6.45) is 33.8. The molecular formula is C43H56N4S. The summed E-state index contributed by atoms with van der Waals surface area (Å²) in [6.45, 7) is 14.9. The molecule has 1 heterocycles. The predicted molar refractivity (Wildman–Crippen MR) is 216 cm³/mol. The third-order valence-electron chi connectivity index (χ3n) is 7.27. The molecule has 48 heavy (non-hydrogen) atoms. The Kier molecular flexibility index (Phi) is 20.1. The van der Waals surface area contributed by atoms with E-state index in [4.69, 9.17) is 18.1 Å². The second-order valence-electron chi connectivity index (χ2n) is 11.2. The fourth-order valence-electron chi connectivity index (χ4n) is 4.85. The second kappa shape index (κ2) is 24.1. The number of thiocarbonyl (C=S) groups is 1.